The molecule has 2 heterocycles. The van der Waals surface area contributed by atoms with Gasteiger partial charge in [-0.25, -0.2) is 4.79 Å². The van der Waals surface area contributed by atoms with Crippen LogP contribution in [0.15, 0.2) is 52.9 Å². The highest BCUT2D eigenvalue weighted by Gasteiger charge is 2.37. The number of amides is 3. The summed E-state index contributed by atoms with van der Waals surface area (Å²) in [6, 6.07) is 15.0. The first kappa shape index (κ1) is 20.6. The molecule has 1 aliphatic carbocycles. The van der Waals surface area contributed by atoms with Crippen LogP contribution in [0.25, 0.3) is 11.0 Å². The van der Waals surface area contributed by atoms with Gasteiger partial charge in [0.1, 0.15) is 11.6 Å². The average molecular weight is 433 g/mol. The summed E-state index contributed by atoms with van der Waals surface area (Å²) in [5, 5.41) is 9.80. The number of benzene rings is 2. The lowest BCUT2D eigenvalue weighted by molar-refractivity contribution is -0.115. The summed E-state index contributed by atoms with van der Waals surface area (Å²) in [5.74, 6) is 1.18. The number of fused-ring (bicyclic) bond motifs is 3. The van der Waals surface area contributed by atoms with Crippen LogP contribution >= 0.6 is 0 Å². The summed E-state index contributed by atoms with van der Waals surface area (Å²) in [7, 11) is 1.73. The summed E-state index contributed by atoms with van der Waals surface area (Å²) < 4.78 is 6.29. The number of nitrogens with zero attached hydrogens (tertiary/aromatic N) is 1. The predicted octanol–water partition coefficient (Wildman–Crippen LogP) is 4.40. The van der Waals surface area contributed by atoms with Crippen molar-refractivity contribution in [3.63, 3.8) is 0 Å². The van der Waals surface area contributed by atoms with Crippen LogP contribution in [-0.2, 0) is 4.79 Å². The van der Waals surface area contributed by atoms with Gasteiger partial charge >= 0.3 is 6.03 Å². The van der Waals surface area contributed by atoms with Crippen LogP contribution in [0.2, 0.25) is 0 Å². The molecule has 7 nitrogen and oxygen atoms in total. The maximum absolute atomic E-state index is 13.3. The summed E-state index contributed by atoms with van der Waals surface area (Å²) >= 11 is 0. The SMILES string of the molecule is CNCC(=O)Nc1ccc(C2NC(=O)N(CC3CCCC3)c3c2oc2ccccc32)cc1. The molecule has 1 fully saturated rings. The lowest BCUT2D eigenvalue weighted by atomic mass is 9.99. The molecule has 1 saturated carbocycles. The lowest BCUT2D eigenvalue weighted by Crippen LogP contribution is -2.48. The molecule has 1 aromatic heterocycles. The molecule has 7 heteroatoms. The van der Waals surface area contributed by atoms with Crippen LogP contribution in [-0.4, -0.2) is 32.1 Å². The smallest absolute Gasteiger partial charge is 0.322 e. The van der Waals surface area contributed by atoms with Gasteiger partial charge < -0.3 is 20.4 Å². The number of anilines is 2. The number of para-hydroxylation sites is 1. The highest BCUT2D eigenvalue weighted by molar-refractivity contribution is 6.05. The van der Waals surface area contributed by atoms with E-state index >= 15 is 0 Å². The Morgan fingerprint density at radius 3 is 2.62 bits per heavy atom. The number of rotatable bonds is 6. The summed E-state index contributed by atoms with van der Waals surface area (Å²) in [4.78, 5) is 27.0. The number of hydrogen-bond donors (Lipinski definition) is 3. The second kappa shape index (κ2) is 8.67. The molecule has 0 bridgehead atoms. The molecule has 3 N–H and O–H groups in total. The first-order valence-electron chi connectivity index (χ1n) is 11.3. The van der Waals surface area contributed by atoms with Gasteiger partial charge in [-0.2, -0.15) is 0 Å². The molecule has 2 aliphatic rings. The zero-order valence-electron chi connectivity index (χ0n) is 18.2. The van der Waals surface area contributed by atoms with Crippen LogP contribution in [0.1, 0.15) is 43.0 Å². The Morgan fingerprint density at radius 1 is 1.12 bits per heavy atom. The summed E-state index contributed by atoms with van der Waals surface area (Å²) in [6.45, 7) is 0.963. The van der Waals surface area contributed by atoms with E-state index in [1.807, 2.05) is 53.4 Å². The van der Waals surface area contributed by atoms with E-state index in [9.17, 15) is 9.59 Å². The van der Waals surface area contributed by atoms with Crippen molar-refractivity contribution in [3.05, 3.63) is 59.9 Å². The molecule has 2 aromatic carbocycles. The minimum absolute atomic E-state index is 0.0904. The molecule has 0 radical (unpaired) electrons. The van der Waals surface area contributed by atoms with Crippen molar-refractivity contribution >= 4 is 34.3 Å². The van der Waals surface area contributed by atoms with E-state index in [4.69, 9.17) is 4.42 Å². The first-order valence-corrected chi connectivity index (χ1v) is 11.3. The van der Waals surface area contributed by atoms with Crippen molar-refractivity contribution in [2.45, 2.75) is 31.7 Å². The molecule has 32 heavy (non-hydrogen) atoms. The summed E-state index contributed by atoms with van der Waals surface area (Å²) in [6.07, 6.45) is 4.80. The van der Waals surface area contributed by atoms with Crippen molar-refractivity contribution in [2.75, 3.05) is 30.4 Å². The van der Waals surface area contributed by atoms with Crippen molar-refractivity contribution in [2.24, 2.45) is 5.92 Å². The quantitative estimate of drug-likeness (QED) is 0.539. The fourth-order valence-corrected chi connectivity index (χ4v) is 4.88. The largest absolute Gasteiger partial charge is 0.456 e. The molecule has 1 aliphatic heterocycles. The van der Waals surface area contributed by atoms with Crippen molar-refractivity contribution in [1.29, 1.82) is 0 Å². The summed E-state index contributed by atoms with van der Waals surface area (Å²) in [5.41, 5.74) is 3.29. The van der Waals surface area contributed by atoms with Crippen LogP contribution < -0.4 is 20.9 Å². The Morgan fingerprint density at radius 2 is 1.88 bits per heavy atom. The number of likely N-dealkylation sites (N-methyl/N-ethyl adjacent to an activating group) is 1. The molecule has 3 amide bonds. The Bertz CT molecular complexity index is 1130. The van der Waals surface area contributed by atoms with E-state index in [2.05, 4.69) is 16.0 Å². The first-order chi connectivity index (χ1) is 15.6. The second-order valence-electron chi connectivity index (χ2n) is 8.66. The Hall–Kier alpha value is -3.32. The molecule has 3 aromatic rings. The highest BCUT2D eigenvalue weighted by Crippen LogP contribution is 2.43. The van der Waals surface area contributed by atoms with Gasteiger partial charge in [-0.1, -0.05) is 37.1 Å². The maximum Gasteiger partial charge on any atom is 0.322 e. The fraction of sp³-hybridized carbons (Fsp3) is 0.360. The van der Waals surface area contributed by atoms with Crippen LogP contribution in [0.5, 0.6) is 0 Å². The van der Waals surface area contributed by atoms with Gasteiger partial charge in [0, 0.05) is 17.6 Å². The molecular formula is C25H28N4O3. The fourth-order valence-electron chi connectivity index (χ4n) is 4.88. The molecule has 1 atom stereocenters. The van der Waals surface area contributed by atoms with Crippen LogP contribution in [0, 0.1) is 5.92 Å². The Labute approximate surface area is 187 Å². The molecular weight excluding hydrogens is 404 g/mol. The number of furan rings is 1. The van der Waals surface area contributed by atoms with E-state index in [0.717, 1.165) is 28.0 Å². The van der Waals surface area contributed by atoms with Gasteiger partial charge in [-0.15, -0.1) is 0 Å². The minimum Gasteiger partial charge on any atom is -0.456 e. The van der Waals surface area contributed by atoms with E-state index in [1.54, 1.807) is 7.05 Å². The van der Waals surface area contributed by atoms with Gasteiger partial charge in [0.25, 0.3) is 0 Å². The molecule has 5 rings (SSSR count). The van der Waals surface area contributed by atoms with Gasteiger partial charge in [-0.3, -0.25) is 9.69 Å². The van der Waals surface area contributed by atoms with Crippen LogP contribution in [0.4, 0.5) is 16.2 Å². The normalized spacial score (nSPS) is 18.6. The predicted molar refractivity (Wildman–Crippen MR) is 125 cm³/mol. The average Bonchev–Trinajstić information content (AvgIpc) is 3.44. The van der Waals surface area contributed by atoms with E-state index < -0.39 is 0 Å². The number of carbonyl (C=O) groups excluding carboxylic acids is 2. The zero-order chi connectivity index (χ0) is 22.1. The standard InChI is InChI=1S/C25H28N4O3/c1-26-14-21(30)27-18-12-10-17(11-13-18)22-24-23(19-8-4-5-9-20(19)32-24)29(25(31)28-22)15-16-6-2-3-7-16/h4-5,8-13,16,22,26H,2-3,6-7,14-15H2,1H3,(H,27,30)(H,28,31). The van der Waals surface area contributed by atoms with E-state index in [1.165, 1.54) is 25.7 Å². The number of nitrogens with one attached hydrogen (secondary N) is 3. The van der Waals surface area contributed by atoms with Crippen molar-refractivity contribution < 1.29 is 14.0 Å². The van der Waals surface area contributed by atoms with Gasteiger partial charge in [0.15, 0.2) is 5.76 Å². The van der Waals surface area contributed by atoms with E-state index in [0.29, 0.717) is 18.2 Å². The van der Waals surface area contributed by atoms with Crippen molar-refractivity contribution in [3.8, 4) is 0 Å². The Balaban J connectivity index is 1.49. The van der Waals surface area contributed by atoms with E-state index in [-0.39, 0.29) is 24.5 Å². The maximum atomic E-state index is 13.3. The number of carbonyl (C=O) groups is 2. The lowest BCUT2D eigenvalue weighted by Gasteiger charge is -2.33. The second-order valence-corrected chi connectivity index (χ2v) is 8.66. The number of urea groups is 1. The zero-order valence-corrected chi connectivity index (χ0v) is 18.2. The monoisotopic (exact) mass is 432 g/mol. The third-order valence-corrected chi connectivity index (χ3v) is 6.42. The Kier molecular flexibility index (Phi) is 5.57. The minimum atomic E-state index is -0.383. The van der Waals surface area contributed by atoms with Gasteiger partial charge in [-0.05, 0) is 55.6 Å². The molecule has 0 saturated heterocycles. The molecule has 0 spiro atoms. The van der Waals surface area contributed by atoms with Gasteiger partial charge in [0.2, 0.25) is 5.91 Å². The van der Waals surface area contributed by atoms with Gasteiger partial charge in [0.05, 0.1) is 12.2 Å². The van der Waals surface area contributed by atoms with Crippen molar-refractivity contribution in [1.82, 2.24) is 10.6 Å². The topological polar surface area (TPSA) is 86.6 Å². The third kappa shape index (κ3) is 3.84. The molecule has 166 valence electrons. The number of hydrogen-bond acceptors (Lipinski definition) is 4. The van der Waals surface area contributed by atoms with Crippen LogP contribution in [0.3, 0.4) is 0 Å². The molecule has 1 unspecified atom stereocenters. The highest BCUT2D eigenvalue weighted by atomic mass is 16.3. The third-order valence-electron chi connectivity index (χ3n) is 6.42.